The third-order valence-electron chi connectivity index (χ3n) is 11.9. The molecule has 0 radical (unpaired) electrons. The molecule has 10 rings (SSSR count). The van der Waals surface area contributed by atoms with Gasteiger partial charge >= 0.3 is 0 Å². The Morgan fingerprint density at radius 2 is 0.492 bits per heavy atom. The lowest BCUT2D eigenvalue weighted by Crippen LogP contribution is -2.74. The lowest BCUT2D eigenvalue weighted by molar-refractivity contribution is 1.18. The molecule has 1 nitrogen and oxygen atoms in total. The highest BCUT2D eigenvalue weighted by molar-refractivity contribution is 7.20. The number of nitrogens with zero attached hydrogens (tertiary/aromatic N) is 1. The summed E-state index contributed by atoms with van der Waals surface area (Å²) in [6.07, 6.45) is 0. The Labute approximate surface area is 350 Å². The molecule has 0 bridgehead atoms. The van der Waals surface area contributed by atoms with Crippen LogP contribution >= 0.6 is 0 Å². The van der Waals surface area contributed by atoms with Crippen LogP contribution in [0.15, 0.2) is 249 Å². The molecule has 0 atom stereocenters. The monoisotopic (exact) mass is 789 g/mol. The van der Waals surface area contributed by atoms with E-state index in [0.717, 1.165) is 5.69 Å². The van der Waals surface area contributed by atoms with Crippen molar-refractivity contribution in [2.45, 2.75) is 13.8 Å². The molecule has 1 aromatic heterocycles. The Hall–Kier alpha value is -6.79. The minimum atomic E-state index is -2.78. The van der Waals surface area contributed by atoms with E-state index < -0.39 is 16.1 Å². The molecule has 284 valence electrons. The van der Waals surface area contributed by atoms with Crippen molar-refractivity contribution in [3.05, 3.63) is 249 Å². The second-order valence-electron chi connectivity index (χ2n) is 14.8. The van der Waals surface area contributed by atoms with Gasteiger partial charge in [0.25, 0.3) is 0 Å². The zero-order valence-corrected chi connectivity index (χ0v) is 35.6. The molecule has 0 saturated heterocycles. The molecule has 0 spiro atoms. The Kier molecular flexibility index (Phi) is 10.6. The predicted molar refractivity (Wildman–Crippen MR) is 259 cm³/mol. The van der Waals surface area contributed by atoms with Crippen LogP contribution in [0.4, 0.5) is 0 Å². The number of aromatic nitrogens is 1. The first-order valence-electron chi connectivity index (χ1n) is 20.8. The quantitative estimate of drug-likeness (QED) is 0.102. The van der Waals surface area contributed by atoms with Gasteiger partial charge in [0.2, 0.25) is 0 Å². The van der Waals surface area contributed by atoms with E-state index in [1.807, 2.05) is 13.8 Å². The standard InChI is InChI=1S/C54H41NSi2.C2H6/c1-8-22-42(23-9-1)55-53-38-36-49(56(43-24-10-2-11-25-43,44-26-12-3-13-27-44)45-28-14-4-15-29-45)40-51(53)52-41-50(37-39-54(52)55)57(46-30-16-5-17-31-46,47-32-18-6-19-33-47)48-34-20-7-21-35-48;1-2/h1-41H;1-2H3. The molecule has 59 heavy (non-hydrogen) atoms. The van der Waals surface area contributed by atoms with Crippen LogP contribution in [-0.4, -0.2) is 20.7 Å². The van der Waals surface area contributed by atoms with Gasteiger partial charge in [0, 0.05) is 16.5 Å². The van der Waals surface area contributed by atoms with E-state index in [1.165, 1.54) is 63.3 Å². The van der Waals surface area contributed by atoms with E-state index in [4.69, 9.17) is 0 Å². The van der Waals surface area contributed by atoms with E-state index in [-0.39, 0.29) is 0 Å². The van der Waals surface area contributed by atoms with Crippen LogP contribution in [0.2, 0.25) is 0 Å². The maximum atomic E-state index is 2.55. The summed E-state index contributed by atoms with van der Waals surface area (Å²) >= 11 is 0. The first-order chi connectivity index (χ1) is 29.3. The minimum absolute atomic E-state index is 1.16. The Morgan fingerprint density at radius 1 is 0.254 bits per heavy atom. The van der Waals surface area contributed by atoms with Crippen molar-refractivity contribution in [3.63, 3.8) is 0 Å². The van der Waals surface area contributed by atoms with Gasteiger partial charge in [0.1, 0.15) is 0 Å². The van der Waals surface area contributed by atoms with E-state index in [1.54, 1.807) is 0 Å². The van der Waals surface area contributed by atoms with Crippen molar-refractivity contribution in [2.75, 3.05) is 0 Å². The van der Waals surface area contributed by atoms with Crippen LogP contribution in [0.3, 0.4) is 0 Å². The molecule has 3 heteroatoms. The molecule has 10 aromatic rings. The topological polar surface area (TPSA) is 4.93 Å². The predicted octanol–water partition coefficient (Wildman–Crippen LogP) is 8.56. The largest absolute Gasteiger partial charge is 0.309 e. The minimum Gasteiger partial charge on any atom is -0.309 e. The fourth-order valence-electron chi connectivity index (χ4n) is 9.47. The molecule has 0 aliphatic heterocycles. The van der Waals surface area contributed by atoms with Crippen LogP contribution in [0, 0.1) is 0 Å². The molecule has 1 heterocycles. The van der Waals surface area contributed by atoms with Crippen molar-refractivity contribution in [1.29, 1.82) is 0 Å². The molecule has 0 aliphatic rings. The van der Waals surface area contributed by atoms with Crippen LogP contribution in [0.25, 0.3) is 27.5 Å². The number of benzene rings is 9. The molecule has 0 fully saturated rings. The van der Waals surface area contributed by atoms with Gasteiger partial charge in [-0.15, -0.1) is 0 Å². The van der Waals surface area contributed by atoms with Gasteiger partial charge < -0.3 is 4.57 Å². The molecule has 0 unspecified atom stereocenters. The smallest absolute Gasteiger partial charge is 0.179 e. The number of hydrogen-bond acceptors (Lipinski definition) is 0. The van der Waals surface area contributed by atoms with Crippen LogP contribution in [0.1, 0.15) is 13.8 Å². The van der Waals surface area contributed by atoms with Crippen molar-refractivity contribution in [2.24, 2.45) is 0 Å². The summed E-state index contributed by atoms with van der Waals surface area (Å²) in [5.74, 6) is 0. The van der Waals surface area contributed by atoms with Gasteiger partial charge in [-0.2, -0.15) is 0 Å². The van der Waals surface area contributed by atoms with Gasteiger partial charge in [-0.05, 0) is 65.8 Å². The maximum Gasteiger partial charge on any atom is 0.179 e. The fraction of sp³-hybridized carbons (Fsp3) is 0.0357. The summed E-state index contributed by atoms with van der Waals surface area (Å²) < 4.78 is 2.46. The first-order valence-corrected chi connectivity index (χ1v) is 24.8. The van der Waals surface area contributed by atoms with Gasteiger partial charge in [-0.3, -0.25) is 0 Å². The summed E-state index contributed by atoms with van der Waals surface area (Å²) in [4.78, 5) is 0. The number of para-hydroxylation sites is 1. The van der Waals surface area contributed by atoms with Crippen molar-refractivity contribution >= 4 is 79.4 Å². The van der Waals surface area contributed by atoms with Crippen molar-refractivity contribution < 1.29 is 0 Å². The maximum absolute atomic E-state index is 2.78. The average molecular weight is 790 g/mol. The number of fused-ring (bicyclic) bond motifs is 3. The van der Waals surface area contributed by atoms with Gasteiger partial charge in [0.15, 0.2) is 16.1 Å². The van der Waals surface area contributed by atoms with Crippen LogP contribution in [0.5, 0.6) is 0 Å². The van der Waals surface area contributed by atoms with Gasteiger partial charge in [-0.25, -0.2) is 0 Å². The van der Waals surface area contributed by atoms with Crippen LogP contribution in [-0.2, 0) is 0 Å². The van der Waals surface area contributed by atoms with E-state index in [9.17, 15) is 0 Å². The highest BCUT2D eigenvalue weighted by Gasteiger charge is 2.43. The first kappa shape index (κ1) is 37.8. The zero-order valence-electron chi connectivity index (χ0n) is 33.6. The zero-order chi connectivity index (χ0) is 40.1. The van der Waals surface area contributed by atoms with Gasteiger partial charge in [-0.1, -0.05) is 238 Å². The third kappa shape index (κ3) is 6.40. The van der Waals surface area contributed by atoms with Crippen molar-refractivity contribution in [3.8, 4) is 5.69 Å². The Morgan fingerprint density at radius 3 is 0.746 bits per heavy atom. The van der Waals surface area contributed by atoms with Gasteiger partial charge in [0.05, 0.1) is 11.0 Å². The molecule has 0 aliphatic carbocycles. The molecule has 0 N–H and O–H groups in total. The van der Waals surface area contributed by atoms with Crippen LogP contribution < -0.4 is 41.5 Å². The third-order valence-corrected chi connectivity index (χ3v) is 21.4. The second-order valence-corrected chi connectivity index (χ2v) is 22.4. The fourth-order valence-corrected chi connectivity index (χ4v) is 19.0. The molecular weight excluding hydrogens is 743 g/mol. The molecular formula is C56H47NSi2. The highest BCUT2D eigenvalue weighted by atomic mass is 28.3. The lowest BCUT2D eigenvalue weighted by atomic mass is 10.1. The molecule has 0 saturated carbocycles. The number of hydrogen-bond donors (Lipinski definition) is 0. The molecule has 9 aromatic carbocycles. The summed E-state index contributed by atoms with van der Waals surface area (Å²) in [5.41, 5.74) is 3.58. The van der Waals surface area contributed by atoms with Crippen molar-refractivity contribution in [1.82, 2.24) is 4.57 Å². The van der Waals surface area contributed by atoms with E-state index in [2.05, 4.69) is 253 Å². The van der Waals surface area contributed by atoms with E-state index in [0.29, 0.717) is 0 Å². The number of rotatable bonds is 9. The Balaban J connectivity index is 0.00000221. The summed E-state index contributed by atoms with van der Waals surface area (Å²) in [7, 11) is -5.57. The summed E-state index contributed by atoms with van der Waals surface area (Å²) in [5, 5.41) is 13.5. The summed E-state index contributed by atoms with van der Waals surface area (Å²) in [6, 6.07) is 93.1. The van der Waals surface area contributed by atoms with E-state index >= 15 is 0 Å². The summed E-state index contributed by atoms with van der Waals surface area (Å²) in [6.45, 7) is 4.00. The molecule has 0 amide bonds. The normalized spacial score (nSPS) is 11.6. The highest BCUT2D eigenvalue weighted by Crippen LogP contribution is 2.32. The Bertz CT molecular complexity index is 2540. The lowest BCUT2D eigenvalue weighted by Gasteiger charge is -2.34. The second kappa shape index (κ2) is 16.6. The average Bonchev–Trinajstić information content (AvgIpc) is 3.66. The SMILES string of the molecule is CC.c1ccc(-n2c3ccc([Si](c4ccccc4)(c4ccccc4)c4ccccc4)cc3c3cc([Si](c4ccccc4)(c4ccccc4)c4ccccc4)ccc32)cc1.